The zero-order valence-corrected chi connectivity index (χ0v) is 26.9. The second-order valence-electron chi connectivity index (χ2n) is 11.3. The number of thioether (sulfide) groups is 1. The molecule has 3 aromatic rings. The quantitative estimate of drug-likeness (QED) is 0.281. The number of hydrogen-bond donors (Lipinski definition) is 2. The first kappa shape index (κ1) is 33.6. The van der Waals surface area contributed by atoms with Gasteiger partial charge in [0.1, 0.15) is 11.6 Å². The Morgan fingerprint density at radius 1 is 0.977 bits per heavy atom. The van der Waals surface area contributed by atoms with E-state index in [0.717, 1.165) is 63.2 Å². The summed E-state index contributed by atoms with van der Waals surface area (Å²) in [5, 5.41) is 10.5. The molecule has 2 aliphatic heterocycles. The third kappa shape index (κ3) is 8.44. The summed E-state index contributed by atoms with van der Waals surface area (Å²) < 4.78 is 14.6. The topological polar surface area (TPSA) is 73.0 Å². The second-order valence-corrected chi connectivity index (χ2v) is 12.6. The number of phenolic OH excluding ortho intramolecular Hbond substituents is 1. The van der Waals surface area contributed by atoms with Crippen molar-refractivity contribution in [2.24, 2.45) is 11.7 Å². The molecule has 2 heterocycles. The Morgan fingerprint density at radius 3 is 2.42 bits per heavy atom. The van der Waals surface area contributed by atoms with Crippen LogP contribution in [0.4, 0.5) is 4.39 Å². The highest BCUT2D eigenvalue weighted by atomic mass is 35.5. The van der Waals surface area contributed by atoms with Crippen LogP contribution in [0.2, 0.25) is 5.02 Å². The Kier molecular flexibility index (Phi) is 12.2. The lowest BCUT2D eigenvalue weighted by Gasteiger charge is -2.39. The minimum Gasteiger partial charge on any atom is -0.508 e. The molecule has 2 saturated heterocycles. The van der Waals surface area contributed by atoms with Crippen molar-refractivity contribution in [3.8, 4) is 16.9 Å². The highest BCUT2D eigenvalue weighted by molar-refractivity contribution is 7.98. The monoisotopic (exact) mass is 646 g/mol. The molecular formula is C33H41Cl2FN4O2S. The van der Waals surface area contributed by atoms with E-state index in [0.29, 0.717) is 30.1 Å². The average molecular weight is 648 g/mol. The Hall–Kier alpha value is -2.33. The predicted molar refractivity (Wildman–Crippen MR) is 177 cm³/mol. The number of piperidine rings is 1. The van der Waals surface area contributed by atoms with Crippen LogP contribution in [0, 0.1) is 11.7 Å². The fourth-order valence-electron chi connectivity index (χ4n) is 6.18. The molecule has 232 valence electrons. The van der Waals surface area contributed by atoms with Crippen LogP contribution in [0.5, 0.6) is 5.75 Å². The zero-order valence-electron chi connectivity index (χ0n) is 24.6. The minimum absolute atomic E-state index is 0. The molecule has 2 aliphatic rings. The van der Waals surface area contributed by atoms with Gasteiger partial charge in [0, 0.05) is 54.8 Å². The van der Waals surface area contributed by atoms with Crippen LogP contribution < -0.4 is 5.73 Å². The van der Waals surface area contributed by atoms with E-state index in [2.05, 4.69) is 40.3 Å². The molecule has 6 nitrogen and oxygen atoms in total. The smallest absolute Gasteiger partial charge is 0.239 e. The van der Waals surface area contributed by atoms with Gasteiger partial charge in [-0.15, -0.1) is 24.2 Å². The number of carbonyl (C=O) groups is 1. The van der Waals surface area contributed by atoms with Crippen molar-refractivity contribution in [3.05, 3.63) is 82.6 Å². The highest BCUT2D eigenvalue weighted by Crippen LogP contribution is 2.32. The fraction of sp³-hybridized carbons (Fsp3) is 0.424. The van der Waals surface area contributed by atoms with Crippen molar-refractivity contribution >= 4 is 41.7 Å². The molecule has 0 radical (unpaired) electrons. The van der Waals surface area contributed by atoms with E-state index in [9.17, 15) is 14.3 Å². The number of carbonyl (C=O) groups excluding carboxylic acids is 1. The molecular weight excluding hydrogens is 606 g/mol. The lowest BCUT2D eigenvalue weighted by molar-refractivity contribution is -0.136. The Balaban J connectivity index is 0.00000423. The molecule has 1 atom stereocenters. The van der Waals surface area contributed by atoms with Crippen LogP contribution in [-0.2, 0) is 17.8 Å². The molecule has 0 aliphatic carbocycles. The summed E-state index contributed by atoms with van der Waals surface area (Å²) in [5.41, 5.74) is 9.95. The third-order valence-electron chi connectivity index (χ3n) is 8.70. The third-order valence-corrected chi connectivity index (χ3v) is 9.77. The number of benzene rings is 3. The van der Waals surface area contributed by atoms with Crippen LogP contribution in [0.25, 0.3) is 11.1 Å². The predicted octanol–water partition coefficient (Wildman–Crippen LogP) is 5.92. The van der Waals surface area contributed by atoms with Crippen molar-refractivity contribution in [2.45, 2.75) is 36.7 Å². The average Bonchev–Trinajstić information content (AvgIpc) is 3.01. The van der Waals surface area contributed by atoms with Crippen molar-refractivity contribution in [1.29, 1.82) is 0 Å². The van der Waals surface area contributed by atoms with Gasteiger partial charge in [-0.25, -0.2) is 4.39 Å². The van der Waals surface area contributed by atoms with E-state index in [-0.39, 0.29) is 35.8 Å². The van der Waals surface area contributed by atoms with E-state index in [4.69, 9.17) is 17.3 Å². The normalized spacial score (nSPS) is 17.4. The summed E-state index contributed by atoms with van der Waals surface area (Å²) in [6.45, 7) is 6.59. The van der Waals surface area contributed by atoms with Gasteiger partial charge in [-0.05, 0) is 97.6 Å². The maximum atomic E-state index is 14.6. The van der Waals surface area contributed by atoms with Crippen LogP contribution in [0.3, 0.4) is 0 Å². The van der Waals surface area contributed by atoms with E-state index in [1.165, 1.54) is 28.7 Å². The van der Waals surface area contributed by atoms with Crippen molar-refractivity contribution in [2.75, 3.05) is 52.1 Å². The Bertz CT molecular complexity index is 1380. The maximum absolute atomic E-state index is 14.6. The van der Waals surface area contributed by atoms with E-state index >= 15 is 0 Å². The highest BCUT2D eigenvalue weighted by Gasteiger charge is 2.32. The van der Waals surface area contributed by atoms with Gasteiger partial charge < -0.3 is 20.6 Å². The SMILES string of the molecule is CSc1ccccc1CN1CCN(C(=O)C(N)C2CCN(CCc3cc(Cl)ccc3-c3cc(O)ccc3F)CC2)CC1.Cl. The molecule has 2 fully saturated rings. The second kappa shape index (κ2) is 15.6. The number of rotatable bonds is 9. The number of likely N-dealkylation sites (tertiary alicyclic amines) is 1. The fourth-order valence-corrected chi connectivity index (χ4v) is 6.98. The number of phenols is 1. The lowest BCUT2D eigenvalue weighted by atomic mass is 9.88. The van der Waals surface area contributed by atoms with E-state index in [1.54, 1.807) is 17.8 Å². The van der Waals surface area contributed by atoms with Crippen LogP contribution >= 0.6 is 35.8 Å². The van der Waals surface area contributed by atoms with Crippen molar-refractivity contribution in [3.63, 3.8) is 0 Å². The largest absolute Gasteiger partial charge is 0.508 e. The number of amides is 1. The first-order valence-corrected chi connectivity index (χ1v) is 16.3. The number of nitrogens with two attached hydrogens (primary N) is 1. The number of piperazine rings is 1. The molecule has 5 rings (SSSR count). The van der Waals surface area contributed by atoms with Crippen molar-refractivity contribution < 1.29 is 14.3 Å². The molecule has 1 unspecified atom stereocenters. The first-order valence-electron chi connectivity index (χ1n) is 14.7. The van der Waals surface area contributed by atoms with E-state index in [1.807, 2.05) is 17.0 Å². The zero-order chi connectivity index (χ0) is 29.6. The van der Waals surface area contributed by atoms with Crippen LogP contribution in [0.15, 0.2) is 65.6 Å². The summed E-state index contributed by atoms with van der Waals surface area (Å²) in [4.78, 5) is 21.4. The molecule has 3 aromatic carbocycles. The molecule has 0 spiro atoms. The molecule has 0 bridgehead atoms. The van der Waals surface area contributed by atoms with Crippen LogP contribution in [-0.4, -0.2) is 83.8 Å². The summed E-state index contributed by atoms with van der Waals surface area (Å²) >= 11 is 8.06. The molecule has 3 N–H and O–H groups in total. The molecule has 10 heteroatoms. The van der Waals surface area contributed by atoms with E-state index < -0.39 is 6.04 Å². The lowest BCUT2D eigenvalue weighted by Crippen LogP contribution is -2.55. The number of halogens is 3. The van der Waals surface area contributed by atoms with Gasteiger partial charge in [0.2, 0.25) is 5.91 Å². The summed E-state index contributed by atoms with van der Waals surface area (Å²) in [6.07, 6.45) is 4.56. The maximum Gasteiger partial charge on any atom is 0.239 e. The summed E-state index contributed by atoms with van der Waals surface area (Å²) in [6, 6.07) is 17.6. The van der Waals surface area contributed by atoms with Gasteiger partial charge in [0.25, 0.3) is 0 Å². The van der Waals surface area contributed by atoms with Gasteiger partial charge in [0.05, 0.1) is 6.04 Å². The molecule has 1 amide bonds. The molecule has 0 saturated carbocycles. The van der Waals surface area contributed by atoms with Crippen LogP contribution in [0.1, 0.15) is 24.0 Å². The Morgan fingerprint density at radius 2 is 1.70 bits per heavy atom. The number of hydrogen-bond acceptors (Lipinski definition) is 6. The van der Waals surface area contributed by atoms with Gasteiger partial charge in [-0.3, -0.25) is 9.69 Å². The Labute approximate surface area is 269 Å². The van der Waals surface area contributed by atoms with Crippen molar-refractivity contribution in [1.82, 2.24) is 14.7 Å². The van der Waals surface area contributed by atoms with Gasteiger partial charge >= 0.3 is 0 Å². The number of nitrogens with zero attached hydrogens (tertiary/aromatic N) is 3. The first-order chi connectivity index (χ1) is 20.3. The standard InChI is InChI=1S/C33H40ClFN4O2S.ClH/c1-42-31-5-3-2-4-25(31)22-38-16-18-39(19-17-38)33(41)32(36)23-10-13-37(14-11-23)15-12-24-20-26(34)6-8-28(24)29-21-27(40)7-9-30(29)35;/h2-9,20-21,23,32,40H,10-19,22,36H2,1H3;1H. The van der Waals surface area contributed by atoms with Gasteiger partial charge in [-0.2, -0.15) is 0 Å². The molecule has 43 heavy (non-hydrogen) atoms. The summed E-state index contributed by atoms with van der Waals surface area (Å²) in [7, 11) is 0. The summed E-state index contributed by atoms with van der Waals surface area (Å²) in [5.74, 6) is -0.102. The minimum atomic E-state index is -0.468. The molecule has 0 aromatic heterocycles. The number of aromatic hydroxyl groups is 1. The van der Waals surface area contributed by atoms with Gasteiger partial charge in [0.15, 0.2) is 0 Å². The van der Waals surface area contributed by atoms with Gasteiger partial charge in [-0.1, -0.05) is 35.9 Å².